The number of carbonyl (C=O) groups excluding carboxylic acids is 1. The van der Waals surface area contributed by atoms with Gasteiger partial charge in [0.2, 0.25) is 0 Å². The standard InChI is InChI=1S/C4H4O.C3H3ClO/c1-2-4-5-3-1;4-2-1-3-5/h1-4H;1-3H. The molecule has 0 N–H and O–H groups in total. The van der Waals surface area contributed by atoms with Gasteiger partial charge >= 0.3 is 0 Å². The van der Waals surface area contributed by atoms with E-state index >= 15 is 0 Å². The second-order valence-corrected chi connectivity index (χ2v) is 1.50. The molecule has 0 bridgehead atoms. The van der Waals surface area contributed by atoms with E-state index in [9.17, 15) is 4.79 Å². The third-order valence-electron chi connectivity index (χ3n) is 0.577. The highest BCUT2D eigenvalue weighted by Gasteiger charge is 1.58. The normalized spacial score (nSPS) is 8.50. The fourth-order valence-corrected chi connectivity index (χ4v) is 0.316. The van der Waals surface area contributed by atoms with E-state index in [0.717, 1.165) is 5.54 Å². The summed E-state index contributed by atoms with van der Waals surface area (Å²) in [4.78, 5) is 9.23. The van der Waals surface area contributed by atoms with Crippen LogP contribution in [0.25, 0.3) is 0 Å². The minimum Gasteiger partial charge on any atom is -0.473 e. The van der Waals surface area contributed by atoms with Gasteiger partial charge in [0, 0.05) is 5.54 Å². The number of hydrogen-bond donors (Lipinski definition) is 0. The summed E-state index contributed by atoms with van der Waals surface area (Å²) >= 11 is 4.89. The van der Waals surface area contributed by atoms with Crippen molar-refractivity contribution in [3.8, 4) is 0 Å². The molecule has 0 spiro atoms. The maximum Gasteiger partial charge on any atom is 0.143 e. The number of aldehydes is 1. The van der Waals surface area contributed by atoms with Crippen LogP contribution in [-0.4, -0.2) is 6.29 Å². The number of halogens is 1. The predicted octanol–water partition coefficient (Wildman–Crippen LogP) is 2.22. The molecule has 54 valence electrons. The summed E-state index contributed by atoms with van der Waals surface area (Å²) in [6.07, 6.45) is 5.08. The van der Waals surface area contributed by atoms with E-state index in [-0.39, 0.29) is 0 Å². The zero-order valence-electron chi connectivity index (χ0n) is 5.24. The van der Waals surface area contributed by atoms with Crippen molar-refractivity contribution in [2.45, 2.75) is 0 Å². The van der Waals surface area contributed by atoms with Gasteiger partial charge in [0.05, 0.1) is 12.5 Å². The molecule has 2 nitrogen and oxygen atoms in total. The van der Waals surface area contributed by atoms with E-state index in [1.165, 1.54) is 6.08 Å². The molecule has 0 saturated heterocycles. The molecule has 3 heteroatoms. The first kappa shape index (κ1) is 8.98. The van der Waals surface area contributed by atoms with Crippen LogP contribution < -0.4 is 0 Å². The van der Waals surface area contributed by atoms with E-state index in [1.807, 2.05) is 12.1 Å². The van der Waals surface area contributed by atoms with Crippen molar-refractivity contribution in [1.29, 1.82) is 0 Å². The van der Waals surface area contributed by atoms with E-state index in [2.05, 4.69) is 4.42 Å². The van der Waals surface area contributed by atoms with Gasteiger partial charge in [-0.3, -0.25) is 4.79 Å². The summed E-state index contributed by atoms with van der Waals surface area (Å²) < 4.78 is 4.58. The van der Waals surface area contributed by atoms with Crippen LogP contribution >= 0.6 is 11.6 Å². The van der Waals surface area contributed by atoms with Gasteiger partial charge in [0.25, 0.3) is 0 Å². The minimum atomic E-state index is 0.618. The second kappa shape index (κ2) is 7.98. The van der Waals surface area contributed by atoms with Gasteiger partial charge in [-0.15, -0.1) is 0 Å². The molecule has 0 saturated carbocycles. The monoisotopic (exact) mass is 158 g/mol. The van der Waals surface area contributed by atoms with Gasteiger partial charge < -0.3 is 4.42 Å². The summed E-state index contributed by atoms with van der Waals surface area (Å²) in [7, 11) is 0. The van der Waals surface area contributed by atoms with Crippen molar-refractivity contribution in [3.05, 3.63) is 36.3 Å². The molecular weight excluding hydrogens is 152 g/mol. The molecular formula is C7H7ClO2. The van der Waals surface area contributed by atoms with Crippen molar-refractivity contribution < 1.29 is 9.21 Å². The molecule has 0 amide bonds. The van der Waals surface area contributed by atoms with E-state index in [1.54, 1.807) is 12.5 Å². The van der Waals surface area contributed by atoms with Gasteiger partial charge in [-0.25, -0.2) is 0 Å². The van der Waals surface area contributed by atoms with Crippen molar-refractivity contribution in [2.24, 2.45) is 0 Å². The van der Waals surface area contributed by atoms with Crippen molar-refractivity contribution in [3.63, 3.8) is 0 Å². The molecule has 1 rings (SSSR count). The summed E-state index contributed by atoms with van der Waals surface area (Å²) in [5.41, 5.74) is 1.16. The first-order chi connectivity index (χ1) is 4.91. The van der Waals surface area contributed by atoms with Crippen molar-refractivity contribution in [2.75, 3.05) is 0 Å². The third kappa shape index (κ3) is 6.98. The fourth-order valence-electron chi connectivity index (χ4n) is 0.257. The Bertz CT molecular complexity index is 151. The lowest BCUT2D eigenvalue weighted by Gasteiger charge is -1.50. The summed E-state index contributed by atoms with van der Waals surface area (Å²) in [5, 5.41) is 0. The maximum atomic E-state index is 9.23. The van der Waals surface area contributed by atoms with Crippen LogP contribution in [0.4, 0.5) is 0 Å². The molecule has 10 heavy (non-hydrogen) atoms. The first-order valence-electron chi connectivity index (χ1n) is 2.59. The Kier molecular flexibility index (Phi) is 7.17. The van der Waals surface area contributed by atoms with Crippen LogP contribution in [0, 0.1) is 0 Å². The lowest BCUT2D eigenvalue weighted by Crippen LogP contribution is -1.48. The largest absolute Gasteiger partial charge is 0.473 e. The smallest absolute Gasteiger partial charge is 0.143 e. The molecule has 0 aliphatic rings. The Balaban J connectivity index is 0.000000162. The van der Waals surface area contributed by atoms with E-state index in [4.69, 9.17) is 11.6 Å². The van der Waals surface area contributed by atoms with Crippen LogP contribution in [0.2, 0.25) is 0 Å². The fraction of sp³-hybridized carbons (Fsp3) is 0. The van der Waals surface area contributed by atoms with Gasteiger partial charge in [-0.1, -0.05) is 11.6 Å². The van der Waals surface area contributed by atoms with Crippen molar-refractivity contribution >= 4 is 17.9 Å². The van der Waals surface area contributed by atoms with Gasteiger partial charge in [0.15, 0.2) is 0 Å². The zero-order chi connectivity index (χ0) is 7.66. The average molecular weight is 159 g/mol. The molecule has 0 unspecified atom stereocenters. The van der Waals surface area contributed by atoms with Crippen LogP contribution in [-0.2, 0) is 4.79 Å². The minimum absolute atomic E-state index is 0.618. The summed E-state index contributed by atoms with van der Waals surface area (Å²) in [6, 6.07) is 3.67. The van der Waals surface area contributed by atoms with Crippen LogP contribution in [0.5, 0.6) is 0 Å². The molecule has 0 aliphatic heterocycles. The highest BCUT2D eigenvalue weighted by Crippen LogP contribution is 1.79. The Morgan fingerprint density at radius 3 is 2.00 bits per heavy atom. The quantitative estimate of drug-likeness (QED) is 0.464. The summed E-state index contributed by atoms with van der Waals surface area (Å²) in [6.45, 7) is 0. The Morgan fingerprint density at radius 2 is 1.90 bits per heavy atom. The van der Waals surface area contributed by atoms with Gasteiger partial charge in [-0.05, 0) is 18.2 Å². The Morgan fingerprint density at radius 1 is 1.30 bits per heavy atom. The van der Waals surface area contributed by atoms with Gasteiger partial charge in [0.1, 0.15) is 6.29 Å². The Labute approximate surface area is 64.1 Å². The predicted molar refractivity (Wildman–Crippen MR) is 39.8 cm³/mol. The molecule has 1 aromatic heterocycles. The molecule has 0 aromatic carbocycles. The zero-order valence-corrected chi connectivity index (χ0v) is 5.99. The SMILES string of the molecule is O=CC=CCl.c1ccoc1. The molecule has 1 heterocycles. The van der Waals surface area contributed by atoms with Gasteiger partial charge in [-0.2, -0.15) is 0 Å². The van der Waals surface area contributed by atoms with Crippen LogP contribution in [0.3, 0.4) is 0 Å². The van der Waals surface area contributed by atoms with Crippen molar-refractivity contribution in [1.82, 2.24) is 0 Å². The summed E-state index contributed by atoms with van der Waals surface area (Å²) in [5.74, 6) is 0. The molecule has 0 radical (unpaired) electrons. The Hall–Kier alpha value is -1.02. The molecule has 0 aliphatic carbocycles. The van der Waals surface area contributed by atoms with E-state index < -0.39 is 0 Å². The topological polar surface area (TPSA) is 30.2 Å². The van der Waals surface area contributed by atoms with E-state index in [0.29, 0.717) is 6.29 Å². The highest BCUT2D eigenvalue weighted by molar-refractivity contribution is 6.26. The lowest BCUT2D eigenvalue weighted by atomic mass is 10.7. The van der Waals surface area contributed by atoms with Crippen LogP contribution in [0.15, 0.2) is 40.7 Å². The molecule has 0 atom stereocenters. The third-order valence-corrected chi connectivity index (χ3v) is 0.722. The first-order valence-corrected chi connectivity index (χ1v) is 3.03. The highest BCUT2D eigenvalue weighted by atomic mass is 35.5. The lowest BCUT2D eigenvalue weighted by molar-refractivity contribution is -0.104. The molecule has 1 aromatic rings. The number of hydrogen-bond acceptors (Lipinski definition) is 2. The van der Waals surface area contributed by atoms with Crippen LogP contribution in [0.1, 0.15) is 0 Å². The molecule has 0 fully saturated rings. The number of rotatable bonds is 1. The second-order valence-electron chi connectivity index (χ2n) is 1.25. The number of furan rings is 1. The maximum absolute atomic E-state index is 9.23. The number of carbonyl (C=O) groups is 1. The average Bonchev–Trinajstić information content (AvgIpc) is 2.44. The number of allylic oxidation sites excluding steroid dienone is 1.